The van der Waals surface area contributed by atoms with E-state index < -0.39 is 0 Å². The van der Waals surface area contributed by atoms with Crippen LogP contribution in [0.25, 0.3) is 6.08 Å². The SMILES string of the molecule is Cc1cnc(N)c(C=CCCO)c1. The van der Waals surface area contributed by atoms with Gasteiger partial charge in [-0.05, 0) is 25.0 Å². The number of nitrogen functional groups attached to an aromatic ring is 1. The number of anilines is 1. The topological polar surface area (TPSA) is 59.1 Å². The zero-order chi connectivity index (χ0) is 9.68. The molecule has 1 rings (SSSR count). The van der Waals surface area contributed by atoms with Gasteiger partial charge in [-0.25, -0.2) is 4.98 Å². The first-order valence-corrected chi connectivity index (χ1v) is 4.23. The van der Waals surface area contributed by atoms with Crippen LogP contribution in [0.15, 0.2) is 18.3 Å². The molecule has 0 atom stereocenters. The molecular weight excluding hydrogens is 164 g/mol. The first-order valence-electron chi connectivity index (χ1n) is 4.23. The van der Waals surface area contributed by atoms with E-state index in [0.717, 1.165) is 11.1 Å². The third-order valence-electron chi connectivity index (χ3n) is 1.68. The molecule has 70 valence electrons. The molecule has 3 nitrogen and oxygen atoms in total. The number of aliphatic hydroxyl groups excluding tert-OH is 1. The molecular formula is C10H14N2O. The smallest absolute Gasteiger partial charge is 0.130 e. The Morgan fingerprint density at radius 1 is 1.62 bits per heavy atom. The summed E-state index contributed by atoms with van der Waals surface area (Å²) >= 11 is 0. The van der Waals surface area contributed by atoms with Crippen LogP contribution in [-0.2, 0) is 0 Å². The van der Waals surface area contributed by atoms with Gasteiger partial charge in [-0.15, -0.1) is 0 Å². The van der Waals surface area contributed by atoms with Gasteiger partial charge >= 0.3 is 0 Å². The van der Waals surface area contributed by atoms with Crippen molar-refractivity contribution >= 4 is 11.9 Å². The number of hydrogen-bond donors (Lipinski definition) is 2. The first-order chi connectivity index (χ1) is 6.24. The Balaban J connectivity index is 2.81. The van der Waals surface area contributed by atoms with Gasteiger partial charge in [0, 0.05) is 18.4 Å². The molecule has 0 radical (unpaired) electrons. The summed E-state index contributed by atoms with van der Waals surface area (Å²) in [5, 5.41) is 8.57. The van der Waals surface area contributed by atoms with E-state index in [0.29, 0.717) is 12.2 Å². The predicted molar refractivity (Wildman–Crippen MR) is 54.1 cm³/mol. The third-order valence-corrected chi connectivity index (χ3v) is 1.68. The van der Waals surface area contributed by atoms with Gasteiger partial charge in [0.1, 0.15) is 5.82 Å². The van der Waals surface area contributed by atoms with Crippen molar-refractivity contribution in [2.75, 3.05) is 12.3 Å². The molecule has 0 saturated carbocycles. The molecule has 0 unspecified atom stereocenters. The van der Waals surface area contributed by atoms with Gasteiger partial charge in [-0.1, -0.05) is 12.2 Å². The second kappa shape index (κ2) is 4.62. The molecule has 1 aromatic heterocycles. The molecule has 0 fully saturated rings. The monoisotopic (exact) mass is 178 g/mol. The largest absolute Gasteiger partial charge is 0.396 e. The lowest BCUT2D eigenvalue weighted by molar-refractivity contribution is 0.303. The average molecular weight is 178 g/mol. The van der Waals surface area contributed by atoms with Gasteiger partial charge in [0.15, 0.2) is 0 Å². The van der Waals surface area contributed by atoms with E-state index in [1.807, 2.05) is 25.1 Å². The fourth-order valence-electron chi connectivity index (χ4n) is 1.02. The van der Waals surface area contributed by atoms with Crippen LogP contribution in [0, 0.1) is 6.92 Å². The normalized spacial score (nSPS) is 10.9. The number of aliphatic hydroxyl groups is 1. The molecule has 0 amide bonds. The van der Waals surface area contributed by atoms with Crippen molar-refractivity contribution in [3.05, 3.63) is 29.5 Å². The Hall–Kier alpha value is -1.35. The minimum Gasteiger partial charge on any atom is -0.396 e. The Bertz CT molecular complexity index is 308. The highest BCUT2D eigenvalue weighted by Crippen LogP contribution is 2.12. The predicted octanol–water partition coefficient (Wildman–Crippen LogP) is 1.37. The van der Waals surface area contributed by atoms with E-state index in [2.05, 4.69) is 4.98 Å². The van der Waals surface area contributed by atoms with Crippen molar-refractivity contribution in [1.29, 1.82) is 0 Å². The van der Waals surface area contributed by atoms with E-state index in [4.69, 9.17) is 10.8 Å². The molecule has 0 spiro atoms. The van der Waals surface area contributed by atoms with Crippen LogP contribution in [0.1, 0.15) is 17.5 Å². The quantitative estimate of drug-likeness (QED) is 0.734. The molecule has 3 heteroatoms. The van der Waals surface area contributed by atoms with Crippen molar-refractivity contribution in [2.24, 2.45) is 0 Å². The molecule has 0 saturated heterocycles. The molecule has 13 heavy (non-hydrogen) atoms. The number of pyridine rings is 1. The molecule has 0 bridgehead atoms. The highest BCUT2D eigenvalue weighted by Gasteiger charge is 1.95. The van der Waals surface area contributed by atoms with Gasteiger partial charge in [-0.2, -0.15) is 0 Å². The van der Waals surface area contributed by atoms with E-state index in [1.54, 1.807) is 6.20 Å². The summed E-state index contributed by atoms with van der Waals surface area (Å²) in [4.78, 5) is 4.02. The molecule has 0 aromatic carbocycles. The second-order valence-corrected chi connectivity index (χ2v) is 2.90. The van der Waals surface area contributed by atoms with Gasteiger partial charge in [0.25, 0.3) is 0 Å². The minimum absolute atomic E-state index is 0.162. The van der Waals surface area contributed by atoms with Crippen molar-refractivity contribution < 1.29 is 5.11 Å². The van der Waals surface area contributed by atoms with Crippen LogP contribution in [-0.4, -0.2) is 16.7 Å². The van der Waals surface area contributed by atoms with Gasteiger partial charge in [0.05, 0.1) is 0 Å². The van der Waals surface area contributed by atoms with Crippen LogP contribution in [0.4, 0.5) is 5.82 Å². The van der Waals surface area contributed by atoms with Gasteiger partial charge in [0.2, 0.25) is 0 Å². The number of nitrogens with two attached hydrogens (primary N) is 1. The number of hydrogen-bond acceptors (Lipinski definition) is 3. The lowest BCUT2D eigenvalue weighted by Gasteiger charge is -1.99. The maximum absolute atomic E-state index is 8.57. The zero-order valence-electron chi connectivity index (χ0n) is 7.70. The number of aryl methyl sites for hydroxylation is 1. The Labute approximate surface area is 77.9 Å². The van der Waals surface area contributed by atoms with Crippen molar-refractivity contribution in [1.82, 2.24) is 4.98 Å². The van der Waals surface area contributed by atoms with Crippen molar-refractivity contribution in [3.63, 3.8) is 0 Å². The molecule has 0 aliphatic heterocycles. The van der Waals surface area contributed by atoms with Crippen molar-refractivity contribution in [3.8, 4) is 0 Å². The van der Waals surface area contributed by atoms with E-state index in [9.17, 15) is 0 Å². The summed E-state index contributed by atoms with van der Waals surface area (Å²) in [7, 11) is 0. The highest BCUT2D eigenvalue weighted by molar-refractivity contribution is 5.61. The van der Waals surface area contributed by atoms with Crippen LogP contribution < -0.4 is 5.73 Å². The summed E-state index contributed by atoms with van der Waals surface area (Å²) in [6.07, 6.45) is 6.14. The summed E-state index contributed by atoms with van der Waals surface area (Å²) in [6.45, 7) is 2.13. The maximum Gasteiger partial charge on any atom is 0.130 e. The Morgan fingerprint density at radius 2 is 2.38 bits per heavy atom. The number of nitrogens with zero attached hydrogens (tertiary/aromatic N) is 1. The first kappa shape index (κ1) is 9.74. The van der Waals surface area contributed by atoms with Crippen LogP contribution >= 0.6 is 0 Å². The summed E-state index contributed by atoms with van der Waals surface area (Å²) in [5.41, 5.74) is 7.64. The Kier molecular flexibility index (Phi) is 3.46. The lowest BCUT2D eigenvalue weighted by Crippen LogP contribution is -1.93. The van der Waals surface area contributed by atoms with E-state index >= 15 is 0 Å². The summed E-state index contributed by atoms with van der Waals surface area (Å²) in [5.74, 6) is 0.528. The molecule has 1 aromatic rings. The number of aromatic nitrogens is 1. The van der Waals surface area contributed by atoms with Crippen molar-refractivity contribution in [2.45, 2.75) is 13.3 Å². The zero-order valence-corrected chi connectivity index (χ0v) is 7.70. The van der Waals surface area contributed by atoms with Crippen LogP contribution in [0.5, 0.6) is 0 Å². The van der Waals surface area contributed by atoms with E-state index in [1.165, 1.54) is 0 Å². The Morgan fingerprint density at radius 3 is 3.08 bits per heavy atom. The molecule has 0 aliphatic rings. The molecule has 3 N–H and O–H groups in total. The van der Waals surface area contributed by atoms with Crippen LogP contribution in [0.2, 0.25) is 0 Å². The fourth-order valence-corrected chi connectivity index (χ4v) is 1.02. The van der Waals surface area contributed by atoms with Gasteiger partial charge < -0.3 is 10.8 Å². The standard InChI is InChI=1S/C10H14N2O/c1-8-6-9(4-2-3-5-13)10(11)12-7-8/h2,4,6-7,13H,3,5H2,1H3,(H2,11,12). The maximum atomic E-state index is 8.57. The highest BCUT2D eigenvalue weighted by atomic mass is 16.2. The number of rotatable bonds is 3. The second-order valence-electron chi connectivity index (χ2n) is 2.90. The average Bonchev–Trinajstić information content (AvgIpc) is 2.11. The molecule has 1 heterocycles. The minimum atomic E-state index is 0.162. The lowest BCUT2D eigenvalue weighted by atomic mass is 10.2. The van der Waals surface area contributed by atoms with Crippen LogP contribution in [0.3, 0.4) is 0 Å². The van der Waals surface area contributed by atoms with Gasteiger partial charge in [-0.3, -0.25) is 0 Å². The van der Waals surface area contributed by atoms with E-state index in [-0.39, 0.29) is 6.61 Å². The third kappa shape index (κ3) is 2.87. The summed E-state index contributed by atoms with van der Waals surface area (Å²) < 4.78 is 0. The summed E-state index contributed by atoms with van der Waals surface area (Å²) in [6, 6.07) is 1.97. The molecule has 0 aliphatic carbocycles. The fraction of sp³-hybridized carbons (Fsp3) is 0.300.